The number of primary amides is 1. The largest absolute Gasteiger partial charge is 0.369 e. The van der Waals surface area contributed by atoms with Crippen LogP contribution in [0.25, 0.3) is 0 Å². The minimum Gasteiger partial charge on any atom is -0.369 e. The molecule has 1 fully saturated rings. The quantitative estimate of drug-likeness (QED) is 0.876. The van der Waals surface area contributed by atoms with Crippen LogP contribution in [0, 0.1) is 5.92 Å². The van der Waals surface area contributed by atoms with Crippen molar-refractivity contribution < 1.29 is 9.59 Å². The van der Waals surface area contributed by atoms with Gasteiger partial charge in [0.15, 0.2) is 0 Å². The van der Waals surface area contributed by atoms with Crippen LogP contribution in [0.4, 0.5) is 5.69 Å². The molecule has 0 aromatic heterocycles. The summed E-state index contributed by atoms with van der Waals surface area (Å²) in [7, 11) is 0. The molecule has 1 aromatic rings. The van der Waals surface area contributed by atoms with Gasteiger partial charge < -0.3 is 10.6 Å². The Morgan fingerprint density at radius 1 is 1.35 bits per heavy atom. The number of rotatable bonds is 2. The number of amides is 2. The summed E-state index contributed by atoms with van der Waals surface area (Å²) in [6.45, 7) is 0.343. The summed E-state index contributed by atoms with van der Waals surface area (Å²) >= 11 is 6.80. The summed E-state index contributed by atoms with van der Waals surface area (Å²) in [6.07, 6.45) is 0.184. The Hall–Kier alpha value is -0.880. The van der Waals surface area contributed by atoms with Crippen molar-refractivity contribution in [3.8, 4) is 0 Å². The SMILES string of the molecule is NC(=O)C1CC(=O)N(c2c(Br)cccc2Br)C1. The van der Waals surface area contributed by atoms with E-state index in [0.29, 0.717) is 6.54 Å². The topological polar surface area (TPSA) is 63.4 Å². The summed E-state index contributed by atoms with van der Waals surface area (Å²) in [5.74, 6) is -0.910. The van der Waals surface area contributed by atoms with Crippen molar-refractivity contribution in [1.29, 1.82) is 0 Å². The zero-order valence-electron chi connectivity index (χ0n) is 8.82. The fourth-order valence-corrected chi connectivity index (χ4v) is 3.29. The lowest BCUT2D eigenvalue weighted by Gasteiger charge is -2.19. The molecule has 1 saturated heterocycles. The Kier molecular flexibility index (Phi) is 3.53. The van der Waals surface area contributed by atoms with Gasteiger partial charge in [-0.05, 0) is 44.0 Å². The van der Waals surface area contributed by atoms with E-state index >= 15 is 0 Å². The Morgan fingerprint density at radius 2 is 1.94 bits per heavy atom. The van der Waals surface area contributed by atoms with Gasteiger partial charge in [-0.1, -0.05) is 6.07 Å². The zero-order valence-corrected chi connectivity index (χ0v) is 12.0. The molecule has 0 spiro atoms. The molecule has 1 heterocycles. The molecule has 4 nitrogen and oxygen atoms in total. The molecule has 1 unspecified atom stereocenters. The Balaban J connectivity index is 2.35. The molecule has 2 N–H and O–H groups in total. The maximum Gasteiger partial charge on any atom is 0.227 e. The fourth-order valence-electron chi connectivity index (χ4n) is 1.86. The van der Waals surface area contributed by atoms with E-state index in [0.717, 1.165) is 14.6 Å². The number of para-hydroxylation sites is 1. The molecule has 1 atom stereocenters. The minimum absolute atomic E-state index is 0.0820. The first-order valence-corrected chi connectivity index (χ1v) is 6.63. The van der Waals surface area contributed by atoms with E-state index in [-0.39, 0.29) is 12.3 Å². The maximum atomic E-state index is 11.9. The molecule has 0 aliphatic carbocycles. The van der Waals surface area contributed by atoms with Crippen molar-refractivity contribution in [3.05, 3.63) is 27.1 Å². The van der Waals surface area contributed by atoms with Crippen LogP contribution in [0.15, 0.2) is 27.1 Å². The monoisotopic (exact) mass is 360 g/mol. The Morgan fingerprint density at radius 3 is 2.41 bits per heavy atom. The van der Waals surface area contributed by atoms with Gasteiger partial charge in [-0.25, -0.2) is 0 Å². The second-order valence-corrected chi connectivity index (χ2v) is 5.59. The van der Waals surface area contributed by atoms with Gasteiger partial charge in [-0.15, -0.1) is 0 Å². The number of anilines is 1. The molecule has 1 aliphatic heterocycles. The van der Waals surface area contributed by atoms with Gasteiger partial charge in [-0.3, -0.25) is 9.59 Å². The molecule has 17 heavy (non-hydrogen) atoms. The van der Waals surface area contributed by atoms with Crippen LogP contribution in [-0.4, -0.2) is 18.4 Å². The molecular weight excluding hydrogens is 352 g/mol. The summed E-state index contributed by atoms with van der Waals surface area (Å²) < 4.78 is 1.62. The Bertz CT molecular complexity index is 470. The molecule has 6 heteroatoms. The highest BCUT2D eigenvalue weighted by atomic mass is 79.9. The number of carbonyl (C=O) groups excluding carboxylic acids is 2. The van der Waals surface area contributed by atoms with Crippen molar-refractivity contribution >= 4 is 49.4 Å². The van der Waals surface area contributed by atoms with E-state index in [1.807, 2.05) is 18.2 Å². The van der Waals surface area contributed by atoms with Crippen LogP contribution in [0.5, 0.6) is 0 Å². The van der Waals surface area contributed by atoms with Crippen molar-refractivity contribution in [2.45, 2.75) is 6.42 Å². The molecule has 1 aromatic carbocycles. The molecular formula is C11H10Br2N2O2. The van der Waals surface area contributed by atoms with Gasteiger partial charge in [0, 0.05) is 21.9 Å². The first-order valence-electron chi connectivity index (χ1n) is 5.04. The first kappa shape index (κ1) is 12.6. The van der Waals surface area contributed by atoms with Gasteiger partial charge in [0.1, 0.15) is 0 Å². The molecule has 0 saturated carbocycles. The number of halogens is 2. The molecule has 0 radical (unpaired) electrons. The van der Waals surface area contributed by atoms with Crippen molar-refractivity contribution in [3.63, 3.8) is 0 Å². The van der Waals surface area contributed by atoms with Crippen molar-refractivity contribution in [1.82, 2.24) is 0 Å². The zero-order chi connectivity index (χ0) is 12.6. The van der Waals surface area contributed by atoms with Gasteiger partial charge in [0.25, 0.3) is 0 Å². The van der Waals surface area contributed by atoms with Gasteiger partial charge in [0.2, 0.25) is 11.8 Å². The molecule has 2 rings (SSSR count). The second kappa shape index (κ2) is 4.78. The molecule has 90 valence electrons. The Labute approximate surface area is 115 Å². The third-order valence-corrected chi connectivity index (χ3v) is 4.01. The van der Waals surface area contributed by atoms with Crippen LogP contribution in [0.1, 0.15) is 6.42 Å². The molecule has 2 amide bonds. The van der Waals surface area contributed by atoms with Crippen molar-refractivity contribution in [2.75, 3.05) is 11.4 Å². The third kappa shape index (κ3) is 2.37. The van der Waals surface area contributed by atoms with Crippen LogP contribution < -0.4 is 10.6 Å². The van der Waals surface area contributed by atoms with E-state index < -0.39 is 11.8 Å². The fraction of sp³-hybridized carbons (Fsp3) is 0.273. The highest BCUT2D eigenvalue weighted by Crippen LogP contribution is 2.37. The predicted molar refractivity (Wildman–Crippen MR) is 71.5 cm³/mol. The van der Waals surface area contributed by atoms with Gasteiger partial charge >= 0.3 is 0 Å². The summed E-state index contributed by atoms with van der Waals surface area (Å²) in [5, 5.41) is 0. The van der Waals surface area contributed by atoms with Crippen LogP contribution >= 0.6 is 31.9 Å². The molecule has 1 aliphatic rings. The number of hydrogen-bond donors (Lipinski definition) is 1. The average molecular weight is 362 g/mol. The summed E-state index contributed by atoms with van der Waals surface area (Å²) in [5.41, 5.74) is 5.99. The average Bonchev–Trinajstić information content (AvgIpc) is 2.61. The predicted octanol–water partition coefficient (Wildman–Crippen LogP) is 2.05. The minimum atomic E-state index is -0.427. The van der Waals surface area contributed by atoms with E-state index in [9.17, 15) is 9.59 Å². The smallest absolute Gasteiger partial charge is 0.227 e. The second-order valence-electron chi connectivity index (χ2n) is 3.88. The lowest BCUT2D eigenvalue weighted by molar-refractivity contribution is -0.123. The van der Waals surface area contributed by atoms with Gasteiger partial charge in [-0.2, -0.15) is 0 Å². The van der Waals surface area contributed by atoms with Gasteiger partial charge in [0.05, 0.1) is 11.6 Å². The normalized spacial score (nSPS) is 19.8. The third-order valence-electron chi connectivity index (χ3n) is 2.73. The van der Waals surface area contributed by atoms with E-state index in [1.54, 1.807) is 4.90 Å². The van der Waals surface area contributed by atoms with E-state index in [4.69, 9.17) is 5.73 Å². The van der Waals surface area contributed by atoms with Crippen LogP contribution in [0.3, 0.4) is 0 Å². The van der Waals surface area contributed by atoms with E-state index in [2.05, 4.69) is 31.9 Å². The lowest BCUT2D eigenvalue weighted by Crippen LogP contribution is -2.28. The first-order chi connectivity index (χ1) is 8.00. The standard InChI is InChI=1S/C11H10Br2N2O2/c12-7-2-1-3-8(13)10(7)15-5-6(11(14)17)4-9(15)16/h1-3,6H,4-5H2,(H2,14,17). The summed E-state index contributed by atoms with van der Waals surface area (Å²) in [6, 6.07) is 5.57. The number of hydrogen-bond acceptors (Lipinski definition) is 2. The number of carbonyl (C=O) groups is 2. The molecule has 0 bridgehead atoms. The van der Waals surface area contributed by atoms with Crippen LogP contribution in [0.2, 0.25) is 0 Å². The lowest BCUT2D eigenvalue weighted by atomic mass is 10.1. The highest BCUT2D eigenvalue weighted by molar-refractivity contribution is 9.11. The highest BCUT2D eigenvalue weighted by Gasteiger charge is 2.35. The van der Waals surface area contributed by atoms with E-state index in [1.165, 1.54) is 0 Å². The number of benzene rings is 1. The maximum absolute atomic E-state index is 11.9. The summed E-state index contributed by atoms with van der Waals surface area (Å²) in [4.78, 5) is 24.6. The number of nitrogens with zero attached hydrogens (tertiary/aromatic N) is 1. The number of nitrogens with two attached hydrogens (primary N) is 1. The van der Waals surface area contributed by atoms with Crippen LogP contribution in [-0.2, 0) is 9.59 Å². The van der Waals surface area contributed by atoms with Crippen molar-refractivity contribution in [2.24, 2.45) is 11.7 Å².